The van der Waals surface area contributed by atoms with Crippen LogP contribution in [0.3, 0.4) is 0 Å². The maximum atomic E-state index is 8.22. The van der Waals surface area contributed by atoms with Gasteiger partial charge < -0.3 is 5.21 Å². The van der Waals surface area contributed by atoms with E-state index in [0.717, 1.165) is 16.1 Å². The zero-order valence-corrected chi connectivity index (χ0v) is 6.84. The maximum absolute atomic E-state index is 8.22. The minimum Gasteiger partial charge on any atom is -0.411 e. The van der Waals surface area contributed by atoms with Crippen molar-refractivity contribution in [2.45, 2.75) is 6.92 Å². The first-order valence-corrected chi connectivity index (χ1v) is 3.55. The molecule has 2 nitrogen and oxygen atoms in total. The van der Waals surface area contributed by atoms with Crippen molar-refractivity contribution in [1.82, 2.24) is 0 Å². The van der Waals surface area contributed by atoms with Crippen LogP contribution in [-0.2, 0) is 0 Å². The van der Waals surface area contributed by atoms with Gasteiger partial charge in [0.25, 0.3) is 0 Å². The van der Waals surface area contributed by atoms with Gasteiger partial charge in [0.05, 0.1) is 6.21 Å². The Bertz CT molecular complexity index is 283. The molecule has 0 aliphatic rings. The first-order chi connectivity index (χ1) is 5.24. The summed E-state index contributed by atoms with van der Waals surface area (Å²) in [5.74, 6) is 0. The second-order valence-corrected chi connectivity index (χ2v) is 2.66. The summed E-state index contributed by atoms with van der Waals surface area (Å²) < 4.78 is 0. The van der Waals surface area contributed by atoms with E-state index in [1.807, 2.05) is 13.0 Å². The van der Waals surface area contributed by atoms with Gasteiger partial charge in [-0.05, 0) is 30.2 Å². The average molecular weight is 170 g/mol. The molecule has 1 aromatic rings. The summed E-state index contributed by atoms with van der Waals surface area (Å²) >= 11 is 5.77. The predicted octanol–water partition coefficient (Wildman–Crippen LogP) is 2.46. The van der Waals surface area contributed by atoms with E-state index in [2.05, 4.69) is 5.16 Å². The Kier molecular flexibility index (Phi) is 2.49. The van der Waals surface area contributed by atoms with E-state index in [4.69, 9.17) is 16.8 Å². The van der Waals surface area contributed by atoms with Gasteiger partial charge in [-0.15, -0.1) is 0 Å². The van der Waals surface area contributed by atoms with Crippen molar-refractivity contribution in [2.24, 2.45) is 5.16 Å². The molecule has 1 N–H and O–H groups in total. The number of oxime groups is 1. The van der Waals surface area contributed by atoms with Crippen molar-refractivity contribution in [3.05, 3.63) is 34.3 Å². The fourth-order valence-electron chi connectivity index (χ4n) is 0.815. The summed E-state index contributed by atoms with van der Waals surface area (Å²) in [5, 5.41) is 11.8. The zero-order valence-electron chi connectivity index (χ0n) is 6.08. The van der Waals surface area contributed by atoms with Gasteiger partial charge >= 0.3 is 0 Å². The number of aryl methyl sites for hydroxylation is 1. The van der Waals surface area contributed by atoms with Crippen molar-refractivity contribution in [1.29, 1.82) is 0 Å². The second-order valence-electron chi connectivity index (χ2n) is 2.25. The first kappa shape index (κ1) is 8.08. The van der Waals surface area contributed by atoms with Crippen molar-refractivity contribution in [3.63, 3.8) is 0 Å². The lowest BCUT2D eigenvalue weighted by atomic mass is 10.1. The van der Waals surface area contributed by atoms with Gasteiger partial charge in [0.2, 0.25) is 0 Å². The van der Waals surface area contributed by atoms with Crippen LogP contribution >= 0.6 is 11.6 Å². The highest BCUT2D eigenvalue weighted by Gasteiger charge is 1.94. The number of halogens is 1. The fourth-order valence-corrected chi connectivity index (χ4v) is 0.932. The Morgan fingerprint density at radius 3 is 2.82 bits per heavy atom. The van der Waals surface area contributed by atoms with Gasteiger partial charge in [-0.3, -0.25) is 0 Å². The van der Waals surface area contributed by atoms with Crippen LogP contribution in [0, 0.1) is 6.92 Å². The SMILES string of the molecule is Cc1cc(/C=N\O)ccc1Cl. The molecule has 11 heavy (non-hydrogen) atoms. The number of hydrogen-bond donors (Lipinski definition) is 1. The van der Waals surface area contributed by atoms with Gasteiger partial charge in [0, 0.05) is 5.02 Å². The van der Waals surface area contributed by atoms with Crippen LogP contribution in [0.25, 0.3) is 0 Å². The summed E-state index contributed by atoms with van der Waals surface area (Å²) in [6, 6.07) is 5.41. The van der Waals surface area contributed by atoms with Crippen LogP contribution < -0.4 is 0 Å². The Hall–Kier alpha value is -1.02. The third kappa shape index (κ3) is 1.95. The predicted molar refractivity (Wildman–Crippen MR) is 45.6 cm³/mol. The molecule has 0 atom stereocenters. The smallest absolute Gasteiger partial charge is 0.0733 e. The minimum atomic E-state index is 0.722. The van der Waals surface area contributed by atoms with Crippen LogP contribution in [0.4, 0.5) is 0 Å². The lowest BCUT2D eigenvalue weighted by Gasteiger charge is -1.96. The molecule has 1 rings (SSSR count). The largest absolute Gasteiger partial charge is 0.411 e. The molecule has 1 aromatic carbocycles. The van der Waals surface area contributed by atoms with Crippen LogP contribution in [0.1, 0.15) is 11.1 Å². The molecule has 0 amide bonds. The highest BCUT2D eigenvalue weighted by Crippen LogP contribution is 2.14. The molecule has 0 aliphatic heterocycles. The van der Waals surface area contributed by atoms with Gasteiger partial charge in [-0.1, -0.05) is 22.8 Å². The van der Waals surface area contributed by atoms with Gasteiger partial charge in [0.15, 0.2) is 0 Å². The van der Waals surface area contributed by atoms with Gasteiger partial charge in [-0.2, -0.15) is 0 Å². The monoisotopic (exact) mass is 169 g/mol. The molecule has 0 heterocycles. The summed E-state index contributed by atoms with van der Waals surface area (Å²) in [6.45, 7) is 1.90. The molecule has 58 valence electrons. The first-order valence-electron chi connectivity index (χ1n) is 3.17. The third-order valence-electron chi connectivity index (χ3n) is 1.39. The van der Waals surface area contributed by atoms with E-state index in [9.17, 15) is 0 Å². The Labute approximate surface area is 70.1 Å². The van der Waals surface area contributed by atoms with Gasteiger partial charge in [-0.25, -0.2) is 0 Å². The van der Waals surface area contributed by atoms with E-state index < -0.39 is 0 Å². The lowest BCUT2D eigenvalue weighted by molar-refractivity contribution is 0.322. The van der Waals surface area contributed by atoms with E-state index in [1.165, 1.54) is 6.21 Å². The summed E-state index contributed by atoms with van der Waals surface area (Å²) in [7, 11) is 0. The molecule has 0 saturated heterocycles. The number of rotatable bonds is 1. The average Bonchev–Trinajstić information content (AvgIpc) is 1.98. The molecule has 0 radical (unpaired) electrons. The molecular formula is C8H8ClNO. The highest BCUT2D eigenvalue weighted by molar-refractivity contribution is 6.31. The van der Waals surface area contributed by atoms with E-state index in [1.54, 1.807) is 12.1 Å². The molecule has 0 aromatic heterocycles. The van der Waals surface area contributed by atoms with Gasteiger partial charge in [0.1, 0.15) is 0 Å². The van der Waals surface area contributed by atoms with Crippen molar-refractivity contribution in [2.75, 3.05) is 0 Å². The number of nitrogens with zero attached hydrogens (tertiary/aromatic N) is 1. The molecule has 0 spiro atoms. The van der Waals surface area contributed by atoms with Crippen molar-refractivity contribution < 1.29 is 5.21 Å². The second kappa shape index (κ2) is 3.39. The van der Waals surface area contributed by atoms with E-state index in [0.29, 0.717) is 0 Å². The standard InChI is InChI=1S/C8H8ClNO/c1-6-4-7(5-10-11)2-3-8(6)9/h2-5,11H,1H3/b10-5-. The molecule has 3 heteroatoms. The van der Waals surface area contributed by atoms with Crippen LogP contribution in [0.5, 0.6) is 0 Å². The third-order valence-corrected chi connectivity index (χ3v) is 1.81. The zero-order chi connectivity index (χ0) is 8.27. The molecule has 0 unspecified atom stereocenters. The maximum Gasteiger partial charge on any atom is 0.0733 e. The minimum absolute atomic E-state index is 0.722. The Balaban J connectivity index is 3.05. The fraction of sp³-hybridized carbons (Fsp3) is 0.125. The van der Waals surface area contributed by atoms with Crippen LogP contribution in [0.15, 0.2) is 23.4 Å². The van der Waals surface area contributed by atoms with Crippen LogP contribution in [-0.4, -0.2) is 11.4 Å². The highest BCUT2D eigenvalue weighted by atomic mass is 35.5. The molecule has 0 saturated carbocycles. The number of benzene rings is 1. The summed E-state index contributed by atoms with van der Waals surface area (Å²) in [4.78, 5) is 0. The van der Waals surface area contributed by atoms with Crippen molar-refractivity contribution >= 4 is 17.8 Å². The molecular weight excluding hydrogens is 162 g/mol. The van der Waals surface area contributed by atoms with E-state index in [-0.39, 0.29) is 0 Å². The normalized spacial score (nSPS) is 10.7. The summed E-state index contributed by atoms with van der Waals surface area (Å²) in [5.41, 5.74) is 1.82. The molecule has 0 bridgehead atoms. The quantitative estimate of drug-likeness (QED) is 0.391. The summed E-state index contributed by atoms with van der Waals surface area (Å²) in [6.07, 6.45) is 1.36. The number of hydrogen-bond acceptors (Lipinski definition) is 2. The molecule has 0 aliphatic carbocycles. The van der Waals surface area contributed by atoms with Crippen LogP contribution in [0.2, 0.25) is 5.02 Å². The molecule has 0 fully saturated rings. The van der Waals surface area contributed by atoms with E-state index >= 15 is 0 Å². The Morgan fingerprint density at radius 1 is 1.55 bits per heavy atom. The topological polar surface area (TPSA) is 32.6 Å². The lowest BCUT2D eigenvalue weighted by Crippen LogP contribution is -1.82. The van der Waals surface area contributed by atoms with Crippen molar-refractivity contribution in [3.8, 4) is 0 Å². The Morgan fingerprint density at radius 2 is 2.27 bits per heavy atom.